The lowest BCUT2D eigenvalue weighted by Gasteiger charge is -2.08. The van der Waals surface area contributed by atoms with Gasteiger partial charge in [0.25, 0.3) is 5.91 Å². The fraction of sp³-hybridized carbons (Fsp3) is 0.615. The highest BCUT2D eigenvalue weighted by molar-refractivity contribution is 7.14. The number of carbonyl (C=O) groups excluding carboxylic acids is 1. The van der Waals surface area contributed by atoms with E-state index in [0.717, 1.165) is 30.8 Å². The first-order valence-corrected chi connectivity index (χ1v) is 7.23. The Kier molecular flexibility index (Phi) is 6.68. The van der Waals surface area contributed by atoms with E-state index in [2.05, 4.69) is 23.6 Å². The highest BCUT2D eigenvalue weighted by Crippen LogP contribution is 2.29. The number of likely N-dealkylation sites (N-methyl/N-ethyl adjacent to an activating group) is 1. The molecule has 0 saturated heterocycles. The number of thiophene rings is 1. The predicted octanol–water partition coefficient (Wildman–Crippen LogP) is 2.39. The molecule has 1 aliphatic rings. The van der Waals surface area contributed by atoms with E-state index in [0.29, 0.717) is 6.54 Å². The molecule has 0 aromatic carbocycles. The second kappa shape index (κ2) is 7.77. The number of halogens is 1. The van der Waals surface area contributed by atoms with Crippen molar-refractivity contribution < 1.29 is 4.79 Å². The van der Waals surface area contributed by atoms with Crippen molar-refractivity contribution in [2.24, 2.45) is 0 Å². The summed E-state index contributed by atoms with van der Waals surface area (Å²) in [4.78, 5) is 14.2. The van der Waals surface area contributed by atoms with Crippen LogP contribution in [0.25, 0.3) is 0 Å². The summed E-state index contributed by atoms with van der Waals surface area (Å²) in [6, 6.07) is 2.09. The van der Waals surface area contributed by atoms with Crippen LogP contribution in [0.3, 0.4) is 0 Å². The molecule has 1 aliphatic carbocycles. The number of amides is 1. The Bertz CT molecular complexity index is 369. The molecule has 5 heteroatoms. The molecule has 0 bridgehead atoms. The lowest BCUT2D eigenvalue weighted by molar-refractivity contribution is 0.0958. The maximum absolute atomic E-state index is 11.9. The number of aryl methyl sites for hydroxylation is 2. The fourth-order valence-electron chi connectivity index (χ4n) is 2.13. The van der Waals surface area contributed by atoms with Gasteiger partial charge in [0.15, 0.2) is 0 Å². The molecule has 1 aromatic rings. The topological polar surface area (TPSA) is 41.1 Å². The molecule has 1 heterocycles. The van der Waals surface area contributed by atoms with Gasteiger partial charge in [0.05, 0.1) is 4.88 Å². The predicted molar refractivity (Wildman–Crippen MR) is 79.1 cm³/mol. The summed E-state index contributed by atoms with van der Waals surface area (Å²) in [5, 5.41) is 6.14. The van der Waals surface area contributed by atoms with E-state index in [9.17, 15) is 4.79 Å². The van der Waals surface area contributed by atoms with E-state index >= 15 is 0 Å². The zero-order valence-corrected chi connectivity index (χ0v) is 12.4. The van der Waals surface area contributed by atoms with Crippen LogP contribution in [0.1, 0.15) is 39.9 Å². The lowest BCUT2D eigenvalue weighted by Crippen LogP contribution is -2.31. The molecule has 3 nitrogen and oxygen atoms in total. The maximum Gasteiger partial charge on any atom is 0.261 e. The van der Waals surface area contributed by atoms with E-state index in [1.165, 1.54) is 23.3 Å². The second-order valence-electron chi connectivity index (χ2n) is 4.38. The molecule has 18 heavy (non-hydrogen) atoms. The van der Waals surface area contributed by atoms with Gasteiger partial charge >= 0.3 is 0 Å². The summed E-state index contributed by atoms with van der Waals surface area (Å²) in [5.41, 5.74) is 1.40. The molecule has 0 radical (unpaired) electrons. The number of hydrogen-bond acceptors (Lipinski definition) is 3. The smallest absolute Gasteiger partial charge is 0.261 e. The summed E-state index contributed by atoms with van der Waals surface area (Å²) >= 11 is 1.67. The van der Waals surface area contributed by atoms with Gasteiger partial charge in [-0.2, -0.15) is 0 Å². The van der Waals surface area contributed by atoms with Crippen molar-refractivity contribution in [3.8, 4) is 0 Å². The molecule has 0 saturated carbocycles. The van der Waals surface area contributed by atoms with Gasteiger partial charge in [-0.25, -0.2) is 0 Å². The highest BCUT2D eigenvalue weighted by atomic mass is 35.5. The van der Waals surface area contributed by atoms with Crippen LogP contribution in [0, 0.1) is 0 Å². The minimum Gasteiger partial charge on any atom is -0.350 e. The number of carbonyl (C=O) groups is 1. The molecule has 0 aliphatic heterocycles. The normalized spacial score (nSPS) is 13.6. The van der Waals surface area contributed by atoms with Crippen LogP contribution in [-0.4, -0.2) is 25.5 Å². The maximum atomic E-state index is 11.9. The van der Waals surface area contributed by atoms with Gasteiger partial charge in [0, 0.05) is 18.0 Å². The zero-order valence-electron chi connectivity index (χ0n) is 10.8. The van der Waals surface area contributed by atoms with Gasteiger partial charge < -0.3 is 10.6 Å². The quantitative estimate of drug-likeness (QED) is 0.817. The van der Waals surface area contributed by atoms with E-state index in [-0.39, 0.29) is 18.3 Å². The van der Waals surface area contributed by atoms with E-state index < -0.39 is 0 Å². The lowest BCUT2D eigenvalue weighted by atomic mass is 9.99. The van der Waals surface area contributed by atoms with Gasteiger partial charge in [-0.3, -0.25) is 4.79 Å². The van der Waals surface area contributed by atoms with Gasteiger partial charge in [0.2, 0.25) is 0 Å². The van der Waals surface area contributed by atoms with Crippen LogP contribution >= 0.6 is 23.7 Å². The minimum absolute atomic E-state index is 0. The van der Waals surface area contributed by atoms with Crippen LogP contribution in [0.5, 0.6) is 0 Å². The molecule has 102 valence electrons. The number of fused-ring (bicyclic) bond motifs is 1. The molecular weight excluding hydrogens is 268 g/mol. The van der Waals surface area contributed by atoms with Gasteiger partial charge in [-0.05, 0) is 43.9 Å². The molecule has 0 unspecified atom stereocenters. The Morgan fingerprint density at radius 3 is 2.83 bits per heavy atom. The summed E-state index contributed by atoms with van der Waals surface area (Å²) in [7, 11) is 0. The summed E-state index contributed by atoms with van der Waals surface area (Å²) in [6.07, 6.45) is 4.85. The first kappa shape index (κ1) is 15.5. The summed E-state index contributed by atoms with van der Waals surface area (Å²) in [6.45, 7) is 4.56. The number of hydrogen-bond donors (Lipinski definition) is 2. The van der Waals surface area contributed by atoms with E-state index in [4.69, 9.17) is 0 Å². The Labute approximate surface area is 119 Å². The fourth-order valence-corrected chi connectivity index (χ4v) is 3.30. The van der Waals surface area contributed by atoms with E-state index in [1.54, 1.807) is 11.3 Å². The number of nitrogens with one attached hydrogen (secondary N) is 2. The third-order valence-electron chi connectivity index (χ3n) is 3.06. The zero-order chi connectivity index (χ0) is 12.1. The third kappa shape index (κ3) is 3.97. The highest BCUT2D eigenvalue weighted by Gasteiger charge is 2.16. The van der Waals surface area contributed by atoms with Gasteiger partial charge in [-0.15, -0.1) is 23.7 Å². The Morgan fingerprint density at radius 1 is 1.33 bits per heavy atom. The molecular formula is C13H21ClN2OS. The van der Waals surface area contributed by atoms with Crippen molar-refractivity contribution in [3.05, 3.63) is 21.4 Å². The monoisotopic (exact) mass is 288 g/mol. The average Bonchev–Trinajstić information content (AvgIpc) is 2.78. The van der Waals surface area contributed by atoms with Crippen LogP contribution in [0.15, 0.2) is 6.07 Å². The SMILES string of the molecule is CCNCCNC(=O)c1cc2c(s1)CCCC2.Cl. The molecule has 0 fully saturated rings. The first-order chi connectivity index (χ1) is 8.31. The molecule has 0 spiro atoms. The van der Waals surface area contributed by atoms with Crippen LogP contribution < -0.4 is 10.6 Å². The molecule has 2 N–H and O–H groups in total. The van der Waals surface area contributed by atoms with Gasteiger partial charge in [0.1, 0.15) is 0 Å². The van der Waals surface area contributed by atoms with Crippen molar-refractivity contribution in [2.45, 2.75) is 32.6 Å². The number of rotatable bonds is 5. The summed E-state index contributed by atoms with van der Waals surface area (Å²) < 4.78 is 0. The van der Waals surface area contributed by atoms with Crippen molar-refractivity contribution in [2.75, 3.05) is 19.6 Å². The minimum atomic E-state index is 0. The third-order valence-corrected chi connectivity index (χ3v) is 4.29. The summed E-state index contributed by atoms with van der Waals surface area (Å²) in [5.74, 6) is 0.0855. The molecule has 1 amide bonds. The first-order valence-electron chi connectivity index (χ1n) is 6.41. The molecule has 0 atom stereocenters. The molecule has 2 rings (SSSR count). The van der Waals surface area contributed by atoms with Crippen molar-refractivity contribution in [3.63, 3.8) is 0 Å². The Morgan fingerprint density at radius 2 is 2.11 bits per heavy atom. The van der Waals surface area contributed by atoms with Crippen molar-refractivity contribution in [1.82, 2.24) is 10.6 Å². The van der Waals surface area contributed by atoms with Crippen molar-refractivity contribution in [1.29, 1.82) is 0 Å². The van der Waals surface area contributed by atoms with Crippen LogP contribution in [0.4, 0.5) is 0 Å². The van der Waals surface area contributed by atoms with Crippen LogP contribution in [-0.2, 0) is 12.8 Å². The Hall–Kier alpha value is -0.580. The largest absolute Gasteiger partial charge is 0.350 e. The van der Waals surface area contributed by atoms with Crippen LogP contribution in [0.2, 0.25) is 0 Å². The molecule has 1 aromatic heterocycles. The van der Waals surface area contributed by atoms with Gasteiger partial charge in [-0.1, -0.05) is 6.92 Å². The standard InChI is InChI=1S/C13H20N2OS.ClH/c1-2-14-7-8-15-13(16)12-9-10-5-3-4-6-11(10)17-12;/h9,14H,2-8H2,1H3,(H,15,16);1H. The average molecular weight is 289 g/mol. The second-order valence-corrected chi connectivity index (χ2v) is 5.51. The van der Waals surface area contributed by atoms with Crippen molar-refractivity contribution >= 4 is 29.7 Å². The Balaban J connectivity index is 0.00000162. The van der Waals surface area contributed by atoms with E-state index in [1.807, 2.05) is 0 Å².